The fourth-order valence-electron chi connectivity index (χ4n) is 2.46. The Hall–Kier alpha value is -2.37. The summed E-state index contributed by atoms with van der Waals surface area (Å²) in [6.45, 7) is 4.97. The molecule has 1 aliphatic heterocycles. The standard InChI is InChI=1S/C15H18N4O2/c1-2-15(20)19-9-7-18(8-10-19)14-6-5-12(16-17-14)13-4-3-11-21-13/h3-6,11H,2,7-10H2,1H3. The zero-order valence-electron chi connectivity index (χ0n) is 12.0. The third-order valence-corrected chi connectivity index (χ3v) is 3.68. The predicted molar refractivity (Wildman–Crippen MR) is 78.8 cm³/mol. The van der Waals surface area contributed by atoms with Crippen molar-refractivity contribution in [2.24, 2.45) is 0 Å². The van der Waals surface area contributed by atoms with Gasteiger partial charge in [-0.1, -0.05) is 6.92 Å². The molecule has 0 spiro atoms. The molecule has 21 heavy (non-hydrogen) atoms. The van der Waals surface area contributed by atoms with Crippen molar-refractivity contribution in [1.29, 1.82) is 0 Å². The zero-order chi connectivity index (χ0) is 14.7. The molecular weight excluding hydrogens is 268 g/mol. The minimum atomic E-state index is 0.217. The Morgan fingerprint density at radius 2 is 2.00 bits per heavy atom. The summed E-state index contributed by atoms with van der Waals surface area (Å²) in [4.78, 5) is 15.7. The monoisotopic (exact) mass is 286 g/mol. The maximum Gasteiger partial charge on any atom is 0.222 e. The van der Waals surface area contributed by atoms with Crippen molar-refractivity contribution < 1.29 is 9.21 Å². The summed E-state index contributed by atoms with van der Waals surface area (Å²) in [5.74, 6) is 1.77. The van der Waals surface area contributed by atoms with Crippen LogP contribution in [0.25, 0.3) is 11.5 Å². The van der Waals surface area contributed by atoms with Gasteiger partial charge in [0.1, 0.15) is 5.69 Å². The van der Waals surface area contributed by atoms with E-state index in [-0.39, 0.29) is 5.91 Å². The number of anilines is 1. The third-order valence-electron chi connectivity index (χ3n) is 3.68. The van der Waals surface area contributed by atoms with Gasteiger partial charge in [0.05, 0.1) is 6.26 Å². The molecule has 0 aliphatic carbocycles. The van der Waals surface area contributed by atoms with Gasteiger partial charge >= 0.3 is 0 Å². The van der Waals surface area contributed by atoms with Gasteiger partial charge in [-0.15, -0.1) is 10.2 Å². The number of carbonyl (C=O) groups is 1. The predicted octanol–water partition coefficient (Wildman–Crippen LogP) is 1.80. The molecule has 0 unspecified atom stereocenters. The Kier molecular flexibility index (Phi) is 3.85. The Morgan fingerprint density at radius 1 is 1.19 bits per heavy atom. The quantitative estimate of drug-likeness (QED) is 0.861. The van der Waals surface area contributed by atoms with Crippen LogP contribution in [0.4, 0.5) is 5.82 Å². The highest BCUT2D eigenvalue weighted by molar-refractivity contribution is 5.76. The molecule has 0 atom stereocenters. The van der Waals surface area contributed by atoms with Crippen LogP contribution >= 0.6 is 0 Å². The fourth-order valence-corrected chi connectivity index (χ4v) is 2.46. The van der Waals surface area contributed by atoms with E-state index in [1.54, 1.807) is 6.26 Å². The first kappa shape index (κ1) is 13.6. The van der Waals surface area contributed by atoms with Crippen molar-refractivity contribution in [1.82, 2.24) is 15.1 Å². The second kappa shape index (κ2) is 5.95. The van der Waals surface area contributed by atoms with Gasteiger partial charge in [0.15, 0.2) is 11.6 Å². The van der Waals surface area contributed by atoms with Crippen molar-refractivity contribution in [3.63, 3.8) is 0 Å². The Labute approximate surface area is 123 Å². The summed E-state index contributed by atoms with van der Waals surface area (Å²) in [5.41, 5.74) is 0.726. The molecular formula is C15H18N4O2. The van der Waals surface area contributed by atoms with Crippen LogP contribution in [0.3, 0.4) is 0 Å². The van der Waals surface area contributed by atoms with E-state index in [4.69, 9.17) is 4.42 Å². The summed E-state index contributed by atoms with van der Waals surface area (Å²) < 4.78 is 5.30. The van der Waals surface area contributed by atoms with Crippen LogP contribution < -0.4 is 4.90 Å². The molecule has 1 amide bonds. The van der Waals surface area contributed by atoms with E-state index in [1.165, 1.54) is 0 Å². The molecule has 0 radical (unpaired) electrons. The summed E-state index contributed by atoms with van der Waals surface area (Å²) in [5, 5.41) is 8.46. The topological polar surface area (TPSA) is 62.5 Å². The maximum atomic E-state index is 11.7. The van der Waals surface area contributed by atoms with Gasteiger partial charge in [-0.2, -0.15) is 0 Å². The van der Waals surface area contributed by atoms with E-state index in [1.807, 2.05) is 36.1 Å². The van der Waals surface area contributed by atoms with Crippen molar-refractivity contribution in [3.05, 3.63) is 30.5 Å². The van der Waals surface area contributed by atoms with E-state index < -0.39 is 0 Å². The number of carbonyl (C=O) groups excluding carboxylic acids is 1. The molecule has 2 aromatic heterocycles. The molecule has 1 aliphatic rings. The molecule has 3 heterocycles. The van der Waals surface area contributed by atoms with Crippen LogP contribution in [-0.2, 0) is 4.79 Å². The van der Waals surface area contributed by atoms with Crippen LogP contribution in [0.5, 0.6) is 0 Å². The lowest BCUT2D eigenvalue weighted by Crippen LogP contribution is -2.48. The SMILES string of the molecule is CCC(=O)N1CCN(c2ccc(-c3ccco3)nn2)CC1. The third kappa shape index (κ3) is 2.89. The van der Waals surface area contributed by atoms with E-state index in [0.717, 1.165) is 37.7 Å². The lowest BCUT2D eigenvalue weighted by atomic mass is 10.2. The van der Waals surface area contributed by atoms with Crippen LogP contribution in [0, 0.1) is 0 Å². The minimum Gasteiger partial charge on any atom is -0.463 e. The molecule has 3 rings (SSSR count). The second-order valence-electron chi connectivity index (χ2n) is 4.98. The number of hydrogen-bond donors (Lipinski definition) is 0. The average molecular weight is 286 g/mol. The van der Waals surface area contributed by atoms with Crippen molar-refractivity contribution in [2.45, 2.75) is 13.3 Å². The molecule has 0 aromatic carbocycles. The summed E-state index contributed by atoms with van der Waals surface area (Å²) in [6.07, 6.45) is 2.19. The first-order valence-electron chi connectivity index (χ1n) is 7.18. The van der Waals surface area contributed by atoms with Gasteiger partial charge in [-0.3, -0.25) is 4.79 Å². The second-order valence-corrected chi connectivity index (χ2v) is 4.98. The highest BCUT2D eigenvalue weighted by atomic mass is 16.3. The summed E-state index contributed by atoms with van der Waals surface area (Å²) in [6, 6.07) is 7.54. The van der Waals surface area contributed by atoms with Gasteiger partial charge in [-0.05, 0) is 24.3 Å². The largest absolute Gasteiger partial charge is 0.463 e. The first-order chi connectivity index (χ1) is 10.3. The van der Waals surface area contributed by atoms with Crippen LogP contribution in [0.15, 0.2) is 34.9 Å². The minimum absolute atomic E-state index is 0.217. The van der Waals surface area contributed by atoms with E-state index in [0.29, 0.717) is 12.2 Å². The Balaban J connectivity index is 1.65. The van der Waals surface area contributed by atoms with E-state index in [9.17, 15) is 4.79 Å². The number of furan rings is 1. The highest BCUT2D eigenvalue weighted by Gasteiger charge is 2.21. The number of nitrogens with zero attached hydrogens (tertiary/aromatic N) is 4. The number of aromatic nitrogens is 2. The first-order valence-corrected chi connectivity index (χ1v) is 7.18. The number of rotatable bonds is 3. The number of amides is 1. The van der Waals surface area contributed by atoms with Gasteiger partial charge in [0.25, 0.3) is 0 Å². The van der Waals surface area contributed by atoms with Crippen molar-refractivity contribution >= 4 is 11.7 Å². The molecule has 1 fully saturated rings. The lowest BCUT2D eigenvalue weighted by Gasteiger charge is -2.35. The molecule has 0 saturated carbocycles. The van der Waals surface area contributed by atoms with Gasteiger partial charge < -0.3 is 14.2 Å². The molecule has 110 valence electrons. The Bertz CT molecular complexity index is 587. The zero-order valence-corrected chi connectivity index (χ0v) is 12.0. The average Bonchev–Trinajstić information content (AvgIpc) is 3.09. The van der Waals surface area contributed by atoms with E-state index in [2.05, 4.69) is 15.1 Å². The lowest BCUT2D eigenvalue weighted by molar-refractivity contribution is -0.131. The number of piperazine rings is 1. The van der Waals surface area contributed by atoms with Gasteiger partial charge in [-0.25, -0.2) is 0 Å². The van der Waals surface area contributed by atoms with Gasteiger partial charge in [0, 0.05) is 32.6 Å². The van der Waals surface area contributed by atoms with Crippen molar-refractivity contribution in [3.8, 4) is 11.5 Å². The normalized spacial score (nSPS) is 15.3. The van der Waals surface area contributed by atoms with E-state index >= 15 is 0 Å². The molecule has 6 nitrogen and oxygen atoms in total. The summed E-state index contributed by atoms with van der Waals surface area (Å²) in [7, 11) is 0. The van der Waals surface area contributed by atoms with Crippen LogP contribution in [0.1, 0.15) is 13.3 Å². The van der Waals surface area contributed by atoms with Gasteiger partial charge in [0.2, 0.25) is 5.91 Å². The maximum absolute atomic E-state index is 11.7. The fraction of sp³-hybridized carbons (Fsp3) is 0.400. The molecule has 0 bridgehead atoms. The molecule has 2 aromatic rings. The molecule has 0 N–H and O–H groups in total. The number of hydrogen-bond acceptors (Lipinski definition) is 5. The van der Waals surface area contributed by atoms with Crippen molar-refractivity contribution in [2.75, 3.05) is 31.1 Å². The molecule has 6 heteroatoms. The van der Waals surface area contributed by atoms with Crippen LogP contribution in [-0.4, -0.2) is 47.2 Å². The molecule has 1 saturated heterocycles. The summed E-state index contributed by atoms with van der Waals surface area (Å²) >= 11 is 0. The Morgan fingerprint density at radius 3 is 2.57 bits per heavy atom. The smallest absolute Gasteiger partial charge is 0.222 e. The van der Waals surface area contributed by atoms with Crippen LogP contribution in [0.2, 0.25) is 0 Å². The highest BCUT2D eigenvalue weighted by Crippen LogP contribution is 2.19.